The van der Waals surface area contributed by atoms with E-state index in [0.717, 1.165) is 0 Å². The van der Waals surface area contributed by atoms with Gasteiger partial charge in [0.05, 0.1) is 18.9 Å². The number of likely N-dealkylation sites (N-methyl/N-ethyl adjacent to an activating group) is 1. The van der Waals surface area contributed by atoms with E-state index < -0.39 is 11.4 Å². The normalized spacial score (nSPS) is 17.0. The summed E-state index contributed by atoms with van der Waals surface area (Å²) in [4.78, 5) is 26.0. The number of carbonyl (C=O) groups is 2. The fourth-order valence-electron chi connectivity index (χ4n) is 2.49. The van der Waals surface area contributed by atoms with Crippen LogP contribution in [-0.4, -0.2) is 66.5 Å². The van der Waals surface area contributed by atoms with Crippen LogP contribution in [0.2, 0.25) is 0 Å². The molecule has 4 N–H and O–H groups in total. The van der Waals surface area contributed by atoms with Crippen molar-refractivity contribution in [1.82, 2.24) is 15.7 Å². The molecular formula is C16H22N4O4. The predicted molar refractivity (Wildman–Crippen MR) is 87.4 cm³/mol. The molecule has 1 atom stereocenters. The first-order valence-electron chi connectivity index (χ1n) is 7.64. The number of carbonyl (C=O) groups excluding carboxylic acids is 2. The average Bonchev–Trinajstić information content (AvgIpc) is 2.66. The van der Waals surface area contributed by atoms with Crippen LogP contribution in [-0.2, 0) is 9.53 Å². The number of morpholine rings is 1. The zero-order valence-corrected chi connectivity index (χ0v) is 13.8. The lowest BCUT2D eigenvalue weighted by atomic mass is 9.89. The Hall–Kier alpha value is -2.29. The lowest BCUT2D eigenvalue weighted by Gasteiger charge is -2.28. The number of nitrogens with zero attached hydrogens (tertiary/aromatic N) is 1. The van der Waals surface area contributed by atoms with Gasteiger partial charge < -0.3 is 25.6 Å². The van der Waals surface area contributed by atoms with E-state index in [-0.39, 0.29) is 11.6 Å². The van der Waals surface area contributed by atoms with Crippen LogP contribution in [0.1, 0.15) is 22.8 Å². The highest BCUT2D eigenvalue weighted by Crippen LogP contribution is 2.16. The molecule has 0 aliphatic carbocycles. The van der Waals surface area contributed by atoms with Crippen LogP contribution < -0.4 is 10.8 Å². The molecule has 0 bridgehead atoms. The lowest BCUT2D eigenvalue weighted by Crippen LogP contribution is -2.58. The van der Waals surface area contributed by atoms with Crippen molar-refractivity contribution in [3.8, 4) is 0 Å². The van der Waals surface area contributed by atoms with Crippen LogP contribution in [0.5, 0.6) is 0 Å². The fourth-order valence-corrected chi connectivity index (χ4v) is 2.49. The molecule has 1 unspecified atom stereocenters. The van der Waals surface area contributed by atoms with E-state index in [9.17, 15) is 14.8 Å². The van der Waals surface area contributed by atoms with Crippen molar-refractivity contribution in [1.29, 1.82) is 5.41 Å². The molecule has 1 aliphatic rings. The Labute approximate surface area is 140 Å². The number of amides is 2. The van der Waals surface area contributed by atoms with Crippen LogP contribution in [0, 0.1) is 5.41 Å². The number of rotatable bonds is 5. The summed E-state index contributed by atoms with van der Waals surface area (Å²) in [6, 6.07) is 6.41. The van der Waals surface area contributed by atoms with E-state index >= 15 is 0 Å². The molecule has 8 nitrogen and oxygen atoms in total. The maximum Gasteiger partial charge on any atom is 0.254 e. The highest BCUT2D eigenvalue weighted by molar-refractivity contribution is 6.18. The third-order valence-corrected chi connectivity index (χ3v) is 4.12. The van der Waals surface area contributed by atoms with Crippen molar-refractivity contribution in [2.24, 2.45) is 0 Å². The van der Waals surface area contributed by atoms with Crippen LogP contribution in [0.4, 0.5) is 0 Å². The monoisotopic (exact) mass is 334 g/mol. The molecule has 1 aromatic rings. The van der Waals surface area contributed by atoms with Crippen LogP contribution in [0.25, 0.3) is 0 Å². The predicted octanol–water partition coefficient (Wildman–Crippen LogP) is 0.0104. The molecule has 2 rings (SSSR count). The molecule has 0 radical (unpaired) electrons. The summed E-state index contributed by atoms with van der Waals surface area (Å²) >= 11 is 0. The molecular weight excluding hydrogens is 312 g/mol. The van der Waals surface area contributed by atoms with Crippen LogP contribution in [0.3, 0.4) is 0 Å². The van der Waals surface area contributed by atoms with E-state index in [1.54, 1.807) is 29.2 Å². The van der Waals surface area contributed by atoms with Gasteiger partial charge >= 0.3 is 0 Å². The first-order chi connectivity index (χ1) is 11.4. The molecule has 130 valence electrons. The number of benzene rings is 1. The second kappa shape index (κ2) is 7.52. The van der Waals surface area contributed by atoms with Gasteiger partial charge in [0.15, 0.2) is 5.54 Å². The van der Waals surface area contributed by atoms with Gasteiger partial charge in [0.1, 0.15) is 0 Å². The Morgan fingerprint density at radius 2 is 1.75 bits per heavy atom. The van der Waals surface area contributed by atoms with Gasteiger partial charge in [0.2, 0.25) is 5.91 Å². The smallest absolute Gasteiger partial charge is 0.254 e. The van der Waals surface area contributed by atoms with Gasteiger partial charge in [-0.1, -0.05) is 12.1 Å². The molecule has 0 spiro atoms. The van der Waals surface area contributed by atoms with E-state index in [1.807, 2.05) is 5.48 Å². The summed E-state index contributed by atoms with van der Waals surface area (Å²) in [7, 11) is 1.43. The summed E-state index contributed by atoms with van der Waals surface area (Å²) in [5, 5.41) is 19.9. The Bertz CT molecular complexity index is 625. The van der Waals surface area contributed by atoms with E-state index in [4.69, 9.17) is 10.1 Å². The highest BCUT2D eigenvalue weighted by Gasteiger charge is 2.37. The van der Waals surface area contributed by atoms with E-state index in [1.165, 1.54) is 14.0 Å². The van der Waals surface area contributed by atoms with Gasteiger partial charge in [0, 0.05) is 25.7 Å². The zero-order valence-electron chi connectivity index (χ0n) is 13.8. The number of hydrogen-bond acceptors (Lipinski definition) is 6. The standard InChI is InChI=1S/C16H22N4O4/c1-16(19-23,15(22)18-2)13(17)11-3-5-12(6-4-11)14(21)20-7-9-24-10-8-20/h3-6,17,19,23H,7-10H2,1-2H3,(H,18,22). The minimum atomic E-state index is -1.58. The van der Waals surface area contributed by atoms with Gasteiger partial charge in [-0.3, -0.25) is 9.59 Å². The summed E-state index contributed by atoms with van der Waals surface area (Å²) in [5.74, 6) is -0.630. The van der Waals surface area contributed by atoms with Gasteiger partial charge in [0.25, 0.3) is 5.91 Å². The molecule has 8 heteroatoms. The molecule has 1 aliphatic heterocycles. The Balaban J connectivity index is 2.17. The highest BCUT2D eigenvalue weighted by atomic mass is 16.5. The van der Waals surface area contributed by atoms with Gasteiger partial charge in [-0.15, -0.1) is 0 Å². The number of nitrogens with one attached hydrogen (secondary N) is 3. The molecule has 0 saturated carbocycles. The molecule has 1 heterocycles. The van der Waals surface area contributed by atoms with Crippen molar-refractivity contribution in [3.63, 3.8) is 0 Å². The topological polar surface area (TPSA) is 115 Å². The summed E-state index contributed by atoms with van der Waals surface area (Å²) in [5.41, 5.74) is 1.15. The quantitative estimate of drug-likeness (QED) is 0.447. The largest absolute Gasteiger partial charge is 0.378 e. The molecule has 1 fully saturated rings. The summed E-state index contributed by atoms with van der Waals surface area (Å²) in [6.07, 6.45) is 0. The van der Waals surface area contributed by atoms with Gasteiger partial charge in [-0.2, -0.15) is 5.48 Å². The van der Waals surface area contributed by atoms with Crippen molar-refractivity contribution in [3.05, 3.63) is 35.4 Å². The van der Waals surface area contributed by atoms with Gasteiger partial charge in [-0.25, -0.2) is 0 Å². The molecule has 1 aromatic carbocycles. The van der Waals surface area contributed by atoms with Crippen molar-refractivity contribution in [2.75, 3.05) is 33.4 Å². The molecule has 0 aromatic heterocycles. The second-order valence-corrected chi connectivity index (χ2v) is 5.67. The summed E-state index contributed by atoms with van der Waals surface area (Å²) < 4.78 is 5.23. The van der Waals surface area contributed by atoms with Gasteiger partial charge in [-0.05, 0) is 24.6 Å². The Kier molecular flexibility index (Phi) is 5.66. The van der Waals surface area contributed by atoms with Crippen molar-refractivity contribution >= 4 is 17.5 Å². The van der Waals surface area contributed by atoms with E-state index in [2.05, 4.69) is 5.32 Å². The lowest BCUT2D eigenvalue weighted by molar-refractivity contribution is -0.127. The first-order valence-corrected chi connectivity index (χ1v) is 7.64. The number of ether oxygens (including phenoxy) is 1. The zero-order chi connectivity index (χ0) is 17.7. The number of hydrogen-bond donors (Lipinski definition) is 4. The van der Waals surface area contributed by atoms with Crippen molar-refractivity contribution in [2.45, 2.75) is 12.5 Å². The van der Waals surface area contributed by atoms with Crippen molar-refractivity contribution < 1.29 is 19.5 Å². The first kappa shape index (κ1) is 18.1. The van der Waals surface area contributed by atoms with E-state index in [0.29, 0.717) is 37.4 Å². The average molecular weight is 334 g/mol. The Morgan fingerprint density at radius 3 is 2.25 bits per heavy atom. The second-order valence-electron chi connectivity index (χ2n) is 5.67. The molecule has 24 heavy (non-hydrogen) atoms. The minimum absolute atomic E-state index is 0.0919. The SMILES string of the molecule is CNC(=O)C(C)(NO)C(=N)c1ccc(C(=O)N2CCOCC2)cc1. The summed E-state index contributed by atoms with van der Waals surface area (Å²) in [6.45, 7) is 3.57. The number of hydroxylamine groups is 1. The Morgan fingerprint density at radius 1 is 1.21 bits per heavy atom. The van der Waals surface area contributed by atoms with Crippen LogP contribution in [0.15, 0.2) is 24.3 Å². The fraction of sp³-hybridized carbons (Fsp3) is 0.438. The third kappa shape index (κ3) is 3.45. The minimum Gasteiger partial charge on any atom is -0.378 e. The third-order valence-electron chi connectivity index (χ3n) is 4.12. The maximum atomic E-state index is 12.4. The molecule has 2 amide bonds. The van der Waals surface area contributed by atoms with Crippen LogP contribution >= 0.6 is 0 Å². The maximum absolute atomic E-state index is 12.4. The molecule has 1 saturated heterocycles.